The Hall–Kier alpha value is -2.71. The van der Waals surface area contributed by atoms with Crippen molar-refractivity contribution >= 4 is 7.25 Å². The molecule has 0 fully saturated rings. The van der Waals surface area contributed by atoms with Gasteiger partial charge in [-0.3, -0.25) is 0 Å². The molecule has 9 heteroatoms. The van der Waals surface area contributed by atoms with Gasteiger partial charge in [-0.05, 0) is 48.5 Å². The maximum absolute atomic E-state index is 12.9. The molecule has 0 atom stereocenters. The third kappa shape index (κ3) is 5.49. The van der Waals surface area contributed by atoms with E-state index in [0.29, 0.717) is 0 Å². The lowest BCUT2D eigenvalue weighted by molar-refractivity contribution is -0.594. The number of hydrogen-bond donors (Lipinski definition) is 0. The van der Waals surface area contributed by atoms with Crippen LogP contribution in [0.5, 0.6) is 0 Å². The summed E-state index contributed by atoms with van der Waals surface area (Å²) in [5.41, 5.74) is 1.73. The molecule has 0 saturated carbocycles. The van der Waals surface area contributed by atoms with Crippen molar-refractivity contribution in [2.75, 3.05) is 0 Å². The summed E-state index contributed by atoms with van der Waals surface area (Å²) in [6.45, 7) is 0. The van der Waals surface area contributed by atoms with E-state index in [1.165, 1.54) is 24.3 Å². The molecule has 1 aromatic heterocycles. The molecule has 2 nitrogen and oxygen atoms in total. The summed E-state index contributed by atoms with van der Waals surface area (Å²) in [7, 11) is -6.00. The van der Waals surface area contributed by atoms with Gasteiger partial charge in [0.15, 0.2) is 0 Å². The highest BCUT2D eigenvalue weighted by Crippen LogP contribution is 2.09. The van der Waals surface area contributed by atoms with E-state index in [9.17, 15) is 26.0 Å². The smallest absolute Gasteiger partial charge is 0.418 e. The largest absolute Gasteiger partial charge is 0.673 e. The van der Waals surface area contributed by atoms with Crippen molar-refractivity contribution in [1.29, 1.82) is 0 Å². The van der Waals surface area contributed by atoms with Gasteiger partial charge in [0.25, 0.3) is 6.33 Å². The molecule has 3 rings (SSSR count). The molecular formula is C15H11BF6N2. The van der Waals surface area contributed by atoms with Gasteiger partial charge < -0.3 is 17.3 Å². The lowest BCUT2D eigenvalue weighted by Crippen LogP contribution is -2.27. The van der Waals surface area contributed by atoms with E-state index in [4.69, 9.17) is 0 Å². The highest BCUT2D eigenvalue weighted by Gasteiger charge is 2.20. The van der Waals surface area contributed by atoms with E-state index in [-0.39, 0.29) is 11.6 Å². The molecule has 2 aromatic carbocycles. The van der Waals surface area contributed by atoms with E-state index in [1.54, 1.807) is 24.3 Å². The van der Waals surface area contributed by atoms with Crippen LogP contribution < -0.4 is 4.57 Å². The number of rotatable bonds is 2. The normalized spacial score (nSPS) is 10.9. The highest BCUT2D eigenvalue weighted by molar-refractivity contribution is 6.50. The summed E-state index contributed by atoms with van der Waals surface area (Å²) >= 11 is 0. The molecule has 126 valence electrons. The fourth-order valence-electron chi connectivity index (χ4n) is 1.89. The Morgan fingerprint density at radius 2 is 1.21 bits per heavy atom. The van der Waals surface area contributed by atoms with Crippen molar-refractivity contribution < 1.29 is 30.6 Å². The Morgan fingerprint density at radius 3 is 1.71 bits per heavy atom. The SMILES string of the molecule is F[B-](F)(F)F.Fc1ccc(-n2cc[n+](-c3ccc(F)cc3)c2)cc1. The Balaban J connectivity index is 0.000000368. The molecule has 0 aliphatic heterocycles. The number of nitrogens with zero attached hydrogens (tertiary/aromatic N) is 2. The highest BCUT2D eigenvalue weighted by atomic mass is 19.5. The maximum atomic E-state index is 12.9. The Bertz CT molecular complexity index is 715. The molecule has 0 bridgehead atoms. The minimum absolute atomic E-state index is 0.262. The van der Waals surface area contributed by atoms with Crippen LogP contribution in [0.3, 0.4) is 0 Å². The molecule has 0 aliphatic rings. The first-order valence-electron chi connectivity index (χ1n) is 6.71. The van der Waals surface area contributed by atoms with E-state index in [0.717, 1.165) is 11.4 Å². The fraction of sp³-hybridized carbons (Fsp3) is 0. The van der Waals surface area contributed by atoms with E-state index >= 15 is 0 Å². The number of benzene rings is 2. The van der Waals surface area contributed by atoms with Crippen molar-refractivity contribution in [2.24, 2.45) is 0 Å². The Kier molecular flexibility index (Phi) is 5.33. The maximum Gasteiger partial charge on any atom is 0.673 e. The second kappa shape index (κ2) is 7.24. The number of aromatic nitrogens is 2. The summed E-state index contributed by atoms with van der Waals surface area (Å²) in [6, 6.07) is 12.5. The molecule has 0 amide bonds. The van der Waals surface area contributed by atoms with E-state index < -0.39 is 7.25 Å². The molecule has 0 saturated heterocycles. The Labute approximate surface area is 133 Å². The van der Waals surface area contributed by atoms with Gasteiger partial charge in [0.1, 0.15) is 35.4 Å². The van der Waals surface area contributed by atoms with Gasteiger partial charge in [0.05, 0.1) is 0 Å². The van der Waals surface area contributed by atoms with Crippen LogP contribution in [0.1, 0.15) is 0 Å². The summed E-state index contributed by atoms with van der Waals surface area (Å²) in [5.74, 6) is -0.523. The molecule has 0 radical (unpaired) electrons. The first-order chi connectivity index (χ1) is 11.2. The molecule has 0 aliphatic carbocycles. The zero-order valence-electron chi connectivity index (χ0n) is 12.1. The molecule has 1 heterocycles. The van der Waals surface area contributed by atoms with Crippen molar-refractivity contribution in [1.82, 2.24) is 4.57 Å². The van der Waals surface area contributed by atoms with E-state index in [2.05, 4.69) is 0 Å². The Morgan fingerprint density at radius 1 is 0.750 bits per heavy atom. The van der Waals surface area contributed by atoms with Crippen LogP contribution in [0, 0.1) is 11.6 Å². The minimum Gasteiger partial charge on any atom is -0.418 e. The summed E-state index contributed by atoms with van der Waals surface area (Å²) in [4.78, 5) is 0. The van der Waals surface area contributed by atoms with Crippen LogP contribution in [0.2, 0.25) is 0 Å². The van der Waals surface area contributed by atoms with Gasteiger partial charge in [-0.2, -0.15) is 0 Å². The minimum atomic E-state index is -6.00. The van der Waals surface area contributed by atoms with Gasteiger partial charge in [0.2, 0.25) is 0 Å². The number of halogens is 6. The summed E-state index contributed by atoms with van der Waals surface area (Å²) in [5, 5.41) is 0. The molecule has 0 unspecified atom stereocenters. The molecular weight excluding hydrogens is 333 g/mol. The molecule has 0 N–H and O–H groups in total. The van der Waals surface area contributed by atoms with Gasteiger partial charge in [-0.1, -0.05) is 0 Å². The molecule has 3 aromatic rings. The second-order valence-electron chi connectivity index (χ2n) is 4.68. The van der Waals surface area contributed by atoms with E-state index in [1.807, 2.05) is 27.9 Å². The second-order valence-corrected chi connectivity index (χ2v) is 4.68. The topological polar surface area (TPSA) is 8.81 Å². The first-order valence-corrected chi connectivity index (χ1v) is 6.71. The van der Waals surface area contributed by atoms with Crippen LogP contribution in [0.15, 0.2) is 67.3 Å². The van der Waals surface area contributed by atoms with Crippen molar-refractivity contribution in [2.45, 2.75) is 0 Å². The van der Waals surface area contributed by atoms with Crippen molar-refractivity contribution in [3.05, 3.63) is 78.9 Å². The van der Waals surface area contributed by atoms with Gasteiger partial charge in [-0.15, -0.1) is 0 Å². The number of hydrogen-bond acceptors (Lipinski definition) is 0. The van der Waals surface area contributed by atoms with Crippen molar-refractivity contribution in [3.63, 3.8) is 0 Å². The summed E-state index contributed by atoms with van der Waals surface area (Å²) in [6.07, 6.45) is 5.56. The van der Waals surface area contributed by atoms with Gasteiger partial charge >= 0.3 is 7.25 Å². The van der Waals surface area contributed by atoms with Gasteiger partial charge in [0, 0.05) is 0 Å². The van der Waals surface area contributed by atoms with Crippen LogP contribution in [0.4, 0.5) is 26.0 Å². The quantitative estimate of drug-likeness (QED) is 0.372. The average molecular weight is 344 g/mol. The zero-order chi connectivity index (χ0) is 17.7. The van der Waals surface area contributed by atoms with Gasteiger partial charge in [-0.25, -0.2) is 17.9 Å². The monoisotopic (exact) mass is 344 g/mol. The standard InChI is InChI=1S/C15H11F2N2.BF4/c16-12-1-5-14(6-2-12)18-9-10-19(11-18)15-7-3-13(17)4-8-15;2-1(3,4)5/h1-11H;/q+1;-1. The molecule has 24 heavy (non-hydrogen) atoms. The first kappa shape index (κ1) is 17.6. The molecule has 0 spiro atoms. The fourth-order valence-corrected chi connectivity index (χ4v) is 1.89. The predicted octanol–water partition coefficient (Wildman–Crippen LogP) is 4.33. The van der Waals surface area contributed by atoms with Crippen LogP contribution >= 0.6 is 0 Å². The lowest BCUT2D eigenvalue weighted by atomic mass is 10.3. The van der Waals surface area contributed by atoms with Crippen molar-refractivity contribution in [3.8, 4) is 11.4 Å². The summed E-state index contributed by atoms with van der Waals surface area (Å²) < 4.78 is 68.4. The average Bonchev–Trinajstić information content (AvgIpc) is 2.97. The van der Waals surface area contributed by atoms with Crippen LogP contribution in [-0.4, -0.2) is 11.8 Å². The lowest BCUT2D eigenvalue weighted by Gasteiger charge is -1.96. The number of imidazole rings is 1. The third-order valence-electron chi connectivity index (χ3n) is 2.89. The third-order valence-corrected chi connectivity index (χ3v) is 2.89. The predicted molar refractivity (Wildman–Crippen MR) is 77.4 cm³/mol. The van der Waals surface area contributed by atoms with Crippen LogP contribution in [-0.2, 0) is 0 Å². The zero-order valence-corrected chi connectivity index (χ0v) is 12.1. The van der Waals surface area contributed by atoms with Crippen LogP contribution in [0.25, 0.3) is 11.4 Å².